The summed E-state index contributed by atoms with van der Waals surface area (Å²) in [4.78, 5) is 25.1. The first kappa shape index (κ1) is 13.4. The number of anilines is 2. The van der Waals surface area contributed by atoms with Gasteiger partial charge in [-0.1, -0.05) is 11.6 Å². The summed E-state index contributed by atoms with van der Waals surface area (Å²) in [6, 6.07) is 3.33. The number of fused-ring (bicyclic) bond motifs is 1. The predicted molar refractivity (Wildman–Crippen MR) is 76.7 cm³/mol. The molecule has 1 fully saturated rings. The molecule has 0 aliphatic carbocycles. The molecule has 1 amide bonds. The summed E-state index contributed by atoms with van der Waals surface area (Å²) in [6.07, 6.45) is 0. The van der Waals surface area contributed by atoms with E-state index in [-0.39, 0.29) is 5.60 Å². The van der Waals surface area contributed by atoms with Crippen LogP contribution < -0.4 is 10.2 Å². The molecule has 0 aromatic heterocycles. The number of carbonyl (C=O) groups excluding carboxylic acids is 2. The summed E-state index contributed by atoms with van der Waals surface area (Å²) in [5.74, 6) is -1.13. The Hall–Kier alpha value is -1.59. The SMILES string of the molecule is CC1(C)CN(c2cc3c(cc2Cl)C(=O)C(=O)N3)CCO1. The lowest BCUT2D eigenvalue weighted by atomic mass is 10.1. The van der Waals surface area contributed by atoms with Crippen LogP contribution in [0, 0.1) is 0 Å². The lowest BCUT2D eigenvalue weighted by Crippen LogP contribution is -2.48. The van der Waals surface area contributed by atoms with Gasteiger partial charge < -0.3 is 15.0 Å². The molecule has 3 rings (SSSR count). The average Bonchev–Trinajstić information content (AvgIpc) is 2.63. The lowest BCUT2D eigenvalue weighted by Gasteiger charge is -2.39. The number of morpholine rings is 1. The molecule has 1 aromatic rings. The molecule has 0 bridgehead atoms. The van der Waals surface area contributed by atoms with Crippen LogP contribution in [0.25, 0.3) is 0 Å². The highest BCUT2D eigenvalue weighted by atomic mass is 35.5. The van der Waals surface area contributed by atoms with E-state index in [9.17, 15) is 9.59 Å². The third-order valence-electron chi connectivity index (χ3n) is 3.55. The van der Waals surface area contributed by atoms with Gasteiger partial charge in [0, 0.05) is 13.1 Å². The highest BCUT2D eigenvalue weighted by Gasteiger charge is 2.32. The van der Waals surface area contributed by atoms with E-state index in [4.69, 9.17) is 16.3 Å². The van der Waals surface area contributed by atoms with Gasteiger partial charge >= 0.3 is 0 Å². The van der Waals surface area contributed by atoms with Gasteiger partial charge in [0.15, 0.2) is 0 Å². The Morgan fingerprint density at radius 1 is 1.35 bits per heavy atom. The number of rotatable bonds is 1. The Bertz CT molecular complexity index is 613. The molecular weight excluding hydrogens is 280 g/mol. The number of Topliss-reactive ketones (excluding diaryl/α,β-unsaturated/α-hetero) is 1. The van der Waals surface area contributed by atoms with Crippen LogP contribution in [0.1, 0.15) is 24.2 Å². The summed E-state index contributed by atoms with van der Waals surface area (Å²) in [6.45, 7) is 6.08. The minimum atomic E-state index is -0.601. The zero-order chi connectivity index (χ0) is 14.5. The van der Waals surface area contributed by atoms with Gasteiger partial charge in [-0.15, -0.1) is 0 Å². The number of benzene rings is 1. The minimum absolute atomic E-state index is 0.250. The van der Waals surface area contributed by atoms with E-state index >= 15 is 0 Å². The molecule has 2 aliphatic heterocycles. The number of ether oxygens (including phenoxy) is 1. The topological polar surface area (TPSA) is 58.6 Å². The third kappa shape index (κ3) is 2.17. The van der Waals surface area contributed by atoms with Gasteiger partial charge in [0.05, 0.1) is 34.2 Å². The van der Waals surface area contributed by atoms with Crippen LogP contribution in [0.3, 0.4) is 0 Å². The van der Waals surface area contributed by atoms with Crippen LogP contribution in [0.15, 0.2) is 12.1 Å². The van der Waals surface area contributed by atoms with Crippen molar-refractivity contribution in [2.24, 2.45) is 0 Å². The summed E-state index contributed by atoms with van der Waals surface area (Å²) in [7, 11) is 0. The second-order valence-electron chi connectivity index (χ2n) is 5.66. The Labute approximate surface area is 121 Å². The van der Waals surface area contributed by atoms with Gasteiger partial charge in [-0.05, 0) is 26.0 Å². The van der Waals surface area contributed by atoms with Crippen molar-refractivity contribution in [3.05, 3.63) is 22.7 Å². The first-order valence-corrected chi connectivity index (χ1v) is 6.83. The molecule has 1 N–H and O–H groups in total. The lowest BCUT2D eigenvalue weighted by molar-refractivity contribution is -0.112. The number of carbonyl (C=O) groups is 2. The molecule has 106 valence electrons. The zero-order valence-corrected chi connectivity index (χ0v) is 12.1. The highest BCUT2D eigenvalue weighted by Crippen LogP contribution is 2.36. The largest absolute Gasteiger partial charge is 0.372 e. The van der Waals surface area contributed by atoms with Gasteiger partial charge in [-0.2, -0.15) is 0 Å². The maximum atomic E-state index is 11.6. The fraction of sp³-hybridized carbons (Fsp3) is 0.429. The summed E-state index contributed by atoms with van der Waals surface area (Å²) < 4.78 is 5.68. The van der Waals surface area contributed by atoms with Gasteiger partial charge in [-0.3, -0.25) is 9.59 Å². The number of hydrogen-bond acceptors (Lipinski definition) is 4. The molecule has 5 nitrogen and oxygen atoms in total. The number of halogens is 1. The standard InChI is InChI=1S/C14H15ClN2O3/c1-14(2)7-17(3-4-20-14)11-6-10-8(5-9(11)15)12(18)13(19)16-10/h5-6H,3-4,7H2,1-2H3,(H,16,18,19). The number of nitrogens with zero attached hydrogens (tertiary/aromatic N) is 1. The number of amides is 1. The maximum Gasteiger partial charge on any atom is 0.296 e. The molecule has 0 spiro atoms. The zero-order valence-electron chi connectivity index (χ0n) is 11.3. The maximum absolute atomic E-state index is 11.6. The molecule has 20 heavy (non-hydrogen) atoms. The Balaban J connectivity index is 1.98. The van der Waals surface area contributed by atoms with E-state index in [1.54, 1.807) is 12.1 Å². The Kier molecular flexibility index (Phi) is 2.99. The molecule has 0 unspecified atom stereocenters. The molecule has 1 saturated heterocycles. The smallest absolute Gasteiger partial charge is 0.296 e. The fourth-order valence-corrected chi connectivity index (χ4v) is 2.90. The summed E-state index contributed by atoms with van der Waals surface area (Å²) in [5.41, 5.74) is 1.44. The normalized spacial score (nSPS) is 20.9. The first-order valence-electron chi connectivity index (χ1n) is 6.45. The molecule has 0 saturated carbocycles. The van der Waals surface area contributed by atoms with Crippen molar-refractivity contribution >= 4 is 34.7 Å². The van der Waals surface area contributed by atoms with Crippen molar-refractivity contribution in [2.45, 2.75) is 19.4 Å². The molecule has 6 heteroatoms. The van der Waals surface area contributed by atoms with Crippen molar-refractivity contribution in [2.75, 3.05) is 29.9 Å². The van der Waals surface area contributed by atoms with Crippen molar-refractivity contribution in [3.63, 3.8) is 0 Å². The van der Waals surface area contributed by atoms with Crippen molar-refractivity contribution in [1.29, 1.82) is 0 Å². The Morgan fingerprint density at radius 3 is 2.80 bits per heavy atom. The van der Waals surface area contributed by atoms with Crippen LogP contribution in [-0.2, 0) is 9.53 Å². The van der Waals surface area contributed by atoms with Gasteiger partial charge in [0.2, 0.25) is 0 Å². The van der Waals surface area contributed by atoms with Crippen molar-refractivity contribution in [3.8, 4) is 0 Å². The van der Waals surface area contributed by atoms with Crippen molar-refractivity contribution < 1.29 is 14.3 Å². The van der Waals surface area contributed by atoms with Crippen molar-refractivity contribution in [1.82, 2.24) is 0 Å². The second-order valence-corrected chi connectivity index (χ2v) is 6.07. The van der Waals surface area contributed by atoms with Crippen LogP contribution in [-0.4, -0.2) is 37.0 Å². The van der Waals surface area contributed by atoms with Gasteiger partial charge in [0.25, 0.3) is 11.7 Å². The monoisotopic (exact) mass is 294 g/mol. The summed E-state index contributed by atoms with van der Waals surface area (Å²) in [5, 5.41) is 3.05. The molecular formula is C14H15ClN2O3. The second kappa shape index (κ2) is 4.46. The van der Waals surface area contributed by atoms with E-state index in [1.165, 1.54) is 0 Å². The van der Waals surface area contributed by atoms with E-state index in [2.05, 4.69) is 10.2 Å². The third-order valence-corrected chi connectivity index (χ3v) is 3.86. The average molecular weight is 295 g/mol. The predicted octanol–water partition coefficient (Wildman–Crippen LogP) is 2.09. The van der Waals surface area contributed by atoms with E-state index in [0.717, 1.165) is 12.2 Å². The van der Waals surface area contributed by atoms with Crippen LogP contribution in [0.4, 0.5) is 11.4 Å². The van der Waals surface area contributed by atoms with Gasteiger partial charge in [0.1, 0.15) is 0 Å². The molecule has 0 atom stereocenters. The quantitative estimate of drug-likeness (QED) is 0.806. The summed E-state index contributed by atoms with van der Waals surface area (Å²) >= 11 is 6.27. The molecule has 2 aliphatic rings. The molecule has 2 heterocycles. The number of ketones is 1. The van der Waals surface area contributed by atoms with E-state index < -0.39 is 11.7 Å². The van der Waals surface area contributed by atoms with Crippen LogP contribution >= 0.6 is 11.6 Å². The molecule has 1 aromatic carbocycles. The fourth-order valence-electron chi connectivity index (χ4n) is 2.62. The van der Waals surface area contributed by atoms with Crippen LogP contribution in [0.2, 0.25) is 5.02 Å². The van der Waals surface area contributed by atoms with Crippen LogP contribution in [0.5, 0.6) is 0 Å². The number of nitrogens with one attached hydrogen (secondary N) is 1. The minimum Gasteiger partial charge on any atom is -0.372 e. The first-order chi connectivity index (χ1) is 9.37. The van der Waals surface area contributed by atoms with E-state index in [0.29, 0.717) is 29.4 Å². The van der Waals surface area contributed by atoms with Gasteiger partial charge in [-0.25, -0.2) is 0 Å². The Morgan fingerprint density at radius 2 is 2.10 bits per heavy atom. The highest BCUT2D eigenvalue weighted by molar-refractivity contribution is 6.52. The molecule has 0 radical (unpaired) electrons. The number of hydrogen-bond donors (Lipinski definition) is 1. The van der Waals surface area contributed by atoms with E-state index in [1.807, 2.05) is 13.8 Å².